The van der Waals surface area contributed by atoms with Crippen LogP contribution in [0.5, 0.6) is 0 Å². The molecule has 0 amide bonds. The van der Waals surface area contributed by atoms with Gasteiger partial charge < -0.3 is 20.2 Å². The third-order valence-electron chi connectivity index (χ3n) is 7.63. The molecule has 3 N–H and O–H groups in total. The highest BCUT2D eigenvalue weighted by Gasteiger charge is 2.52. The number of aromatic amines is 1. The summed E-state index contributed by atoms with van der Waals surface area (Å²) in [6.07, 6.45) is -3.86. The predicted molar refractivity (Wildman–Crippen MR) is 159 cm³/mol. The zero-order chi connectivity index (χ0) is 32.0. The Labute approximate surface area is 265 Å². The van der Waals surface area contributed by atoms with Crippen LogP contribution in [0.2, 0.25) is 0 Å². The van der Waals surface area contributed by atoms with Gasteiger partial charge in [0.2, 0.25) is 5.78 Å². The second-order valence-electron chi connectivity index (χ2n) is 10.5. The maximum atomic E-state index is 16.0. The molecule has 3 unspecified atom stereocenters. The number of halogens is 1. The normalized spacial score (nSPS) is 35.7. The van der Waals surface area contributed by atoms with Gasteiger partial charge in [0.1, 0.15) is 24.6 Å². The van der Waals surface area contributed by atoms with Crippen molar-refractivity contribution >= 4 is 72.0 Å². The number of hydrogen-bond acceptors (Lipinski definition) is 16. The zero-order valence-electron chi connectivity index (χ0n) is 22.9. The number of nitrogen functional groups attached to an aromatic ring is 1. The Hall–Kier alpha value is -2.98. The number of rotatable bonds is 2. The van der Waals surface area contributed by atoms with Crippen LogP contribution in [0.25, 0.3) is 28.1 Å². The Bertz CT molecular complexity index is 2150. The van der Waals surface area contributed by atoms with Crippen molar-refractivity contribution in [3.05, 3.63) is 35.4 Å². The van der Waals surface area contributed by atoms with E-state index in [0.29, 0.717) is 0 Å². The summed E-state index contributed by atoms with van der Waals surface area (Å²) in [7, 11) is 0. The average molecular weight is 718 g/mol. The van der Waals surface area contributed by atoms with Crippen molar-refractivity contribution in [1.29, 1.82) is 0 Å². The molecule has 3 aliphatic rings. The van der Waals surface area contributed by atoms with Crippen molar-refractivity contribution in [2.24, 2.45) is 0 Å². The van der Waals surface area contributed by atoms with E-state index in [2.05, 4.69) is 59.7 Å². The molecule has 0 radical (unpaired) electrons. The van der Waals surface area contributed by atoms with Crippen molar-refractivity contribution in [2.45, 2.75) is 49.5 Å². The van der Waals surface area contributed by atoms with E-state index in [1.807, 2.05) is 0 Å². The fourth-order valence-corrected chi connectivity index (χ4v) is 8.59. The van der Waals surface area contributed by atoms with Crippen LogP contribution in [-0.2, 0) is 36.7 Å². The van der Waals surface area contributed by atoms with Gasteiger partial charge in [-0.3, -0.25) is 31.9 Å². The van der Waals surface area contributed by atoms with Crippen molar-refractivity contribution in [2.75, 3.05) is 18.9 Å². The number of nitrogens with two attached hydrogens (primary N) is 1. The summed E-state index contributed by atoms with van der Waals surface area (Å²) >= 11 is 8.20. The van der Waals surface area contributed by atoms with Crippen LogP contribution >= 0.6 is 38.1 Å². The number of aromatic nitrogens is 10. The minimum absolute atomic E-state index is 0.00721. The van der Waals surface area contributed by atoms with Crippen LogP contribution in [-0.4, -0.2) is 92.7 Å². The molecule has 3 aliphatic heterocycles. The summed E-state index contributed by atoms with van der Waals surface area (Å²) in [5.74, 6) is 0.256. The van der Waals surface area contributed by atoms with Crippen molar-refractivity contribution in [1.82, 2.24) is 48.9 Å². The minimum Gasteiger partial charge on any atom is -0.382 e. The molecule has 5 aromatic heterocycles. The van der Waals surface area contributed by atoms with Gasteiger partial charge in [0.15, 0.2) is 46.8 Å². The highest BCUT2D eigenvalue weighted by atomic mass is 32.7. The summed E-state index contributed by atoms with van der Waals surface area (Å²) in [5, 5.41) is 7.78. The Morgan fingerprint density at radius 2 is 1.80 bits per heavy atom. The fourth-order valence-electron chi connectivity index (χ4n) is 5.59. The number of nitrogens with zero attached hydrogens (tertiary/aromatic N) is 9. The van der Waals surface area contributed by atoms with Gasteiger partial charge in [-0.25, -0.2) is 28.5 Å². The van der Waals surface area contributed by atoms with Gasteiger partial charge in [-0.05, 0) is 0 Å². The Kier molecular flexibility index (Phi) is 7.29. The molecule has 0 saturated carbocycles. The van der Waals surface area contributed by atoms with Gasteiger partial charge in [-0.1, -0.05) is 29.7 Å². The van der Waals surface area contributed by atoms with E-state index in [-0.39, 0.29) is 47.0 Å². The first-order valence-corrected chi connectivity index (χ1v) is 18.9. The number of alkyl halides is 1. The number of ether oxygens (including phenoxy) is 2. The highest BCUT2D eigenvalue weighted by Crippen LogP contribution is 2.60. The van der Waals surface area contributed by atoms with Gasteiger partial charge in [-0.2, -0.15) is 9.67 Å². The monoisotopic (exact) mass is 717 g/mol. The molecule has 3 fully saturated rings. The Morgan fingerprint density at radius 1 is 1.00 bits per heavy atom. The van der Waals surface area contributed by atoms with Crippen molar-refractivity contribution < 1.29 is 41.1 Å². The molecule has 2 bridgehead atoms. The number of fused-ring (bicyclic) bond motifs is 6. The van der Waals surface area contributed by atoms with Crippen LogP contribution in [0.3, 0.4) is 0 Å². The molecule has 8 rings (SSSR count). The molecule has 20 nitrogen and oxygen atoms in total. The molecule has 3 saturated heterocycles. The fraction of sp³-hybridized carbons (Fsp3) is 0.476. The molecule has 9 atom stereocenters. The van der Waals surface area contributed by atoms with Gasteiger partial charge >= 0.3 is 13.6 Å². The maximum Gasteiger partial charge on any atom is 0.386 e. The Balaban J connectivity index is 1.10. The molecule has 25 heteroatoms. The van der Waals surface area contributed by atoms with Crippen LogP contribution in [0.15, 0.2) is 29.8 Å². The number of imidazole rings is 2. The second kappa shape index (κ2) is 11.0. The van der Waals surface area contributed by atoms with Crippen LogP contribution in [0.1, 0.15) is 18.9 Å². The lowest BCUT2D eigenvalue weighted by Gasteiger charge is -2.26. The van der Waals surface area contributed by atoms with Crippen molar-refractivity contribution in [3.63, 3.8) is 0 Å². The first-order chi connectivity index (χ1) is 22.0. The minimum atomic E-state index is -4.29. The smallest absolute Gasteiger partial charge is 0.382 e. The van der Waals surface area contributed by atoms with E-state index in [1.54, 1.807) is 6.20 Å². The van der Waals surface area contributed by atoms with E-state index in [4.69, 9.17) is 33.3 Å². The van der Waals surface area contributed by atoms with Gasteiger partial charge in [0.25, 0.3) is 5.56 Å². The van der Waals surface area contributed by atoms with Gasteiger partial charge in [-0.15, -0.1) is 5.10 Å². The first kappa shape index (κ1) is 30.4. The number of hydrogen-bond donors (Lipinski definition) is 4. The number of nitrogens with one attached hydrogen (secondary N) is 1. The lowest BCUT2D eigenvalue weighted by molar-refractivity contribution is -0.0582. The molecule has 46 heavy (non-hydrogen) atoms. The molecule has 0 spiro atoms. The largest absolute Gasteiger partial charge is 0.386 e. The van der Waals surface area contributed by atoms with Gasteiger partial charge in [0, 0.05) is 18.8 Å². The summed E-state index contributed by atoms with van der Waals surface area (Å²) in [4.78, 5) is 32.3. The summed E-state index contributed by atoms with van der Waals surface area (Å²) in [6.45, 7) is -9.48. The maximum absolute atomic E-state index is 16.0. The number of anilines is 1. The lowest BCUT2D eigenvalue weighted by atomic mass is 10.1. The quantitative estimate of drug-likeness (QED) is 0.150. The molecular weight excluding hydrogens is 695 g/mol. The third-order valence-corrected chi connectivity index (χ3v) is 10.9. The third kappa shape index (κ3) is 5.14. The zero-order valence-corrected chi connectivity index (χ0v) is 26.5. The summed E-state index contributed by atoms with van der Waals surface area (Å²) in [5.41, 5.74) is 5.75. The van der Waals surface area contributed by atoms with Crippen LogP contribution in [0, 0.1) is 0 Å². The van der Waals surface area contributed by atoms with Gasteiger partial charge in [0.05, 0.1) is 25.6 Å². The van der Waals surface area contributed by atoms with Crippen molar-refractivity contribution in [3.8, 4) is 0 Å². The molecular formula is C21H22FN11O9P2S2. The molecule has 8 heterocycles. The molecule has 244 valence electrons. The van der Waals surface area contributed by atoms with Crippen LogP contribution in [0.4, 0.5) is 10.2 Å². The SMILES string of the molecule is Nc1ncnc2c1nnn2[C@@H]1O[C@@H]2COP(=O)(S)OC3C[C@@H](COP(=O)(S)O[C@H]2[C@@H]1F)O[C@H]3n1cnc2c(=O)n3cc[nH]c3nc21. The van der Waals surface area contributed by atoms with Crippen LogP contribution < -0.4 is 11.3 Å². The van der Waals surface area contributed by atoms with E-state index >= 15 is 4.39 Å². The van der Waals surface area contributed by atoms with E-state index in [0.717, 1.165) is 11.0 Å². The number of H-pyrrole nitrogens is 1. The first-order valence-electron chi connectivity index (χ1n) is 13.5. The summed E-state index contributed by atoms with van der Waals surface area (Å²) in [6, 6.07) is 0. The standard InChI is InChI=1S/C21H22FN11O9P2S2/c22-11-14-10(40-20(11)33-16-12(29-30-33)15(23)25-6-26-16)5-38-43(35,45)41-9-3-8(4-37-44(36,46)42-14)39-19(9)32-7-27-13-17(32)28-21-24-1-2-31(21)18(13)34/h1-2,6-11,14,19-20H,3-5H2,(H,24,28)(H,35,45)(H,36,46)(H2,23,25,26)/t8-,9?,10+,11-,14+,19+,20+,43?,44?/m0/s1. The Morgan fingerprint density at radius 3 is 2.65 bits per heavy atom. The summed E-state index contributed by atoms with van der Waals surface area (Å²) < 4.78 is 81.1. The average Bonchev–Trinajstić information content (AvgIpc) is 3.83. The van der Waals surface area contributed by atoms with E-state index < -0.39 is 68.8 Å². The predicted octanol–water partition coefficient (Wildman–Crippen LogP) is 1.61. The highest BCUT2D eigenvalue weighted by molar-refractivity contribution is 8.44. The second-order valence-corrected chi connectivity index (χ2v) is 16.2. The number of thiol groups is 2. The molecule has 0 aliphatic carbocycles. The molecule has 5 aromatic rings. The van der Waals surface area contributed by atoms with E-state index in [9.17, 15) is 13.9 Å². The molecule has 0 aromatic carbocycles. The lowest BCUT2D eigenvalue weighted by Crippen LogP contribution is -2.33. The topological polar surface area (TPSA) is 240 Å². The van der Waals surface area contributed by atoms with E-state index in [1.165, 1.54) is 21.5 Å².